The number of benzene rings is 1. The lowest BCUT2D eigenvalue weighted by molar-refractivity contribution is 0.610. The lowest BCUT2D eigenvalue weighted by Gasteiger charge is -2.11. The maximum Gasteiger partial charge on any atom is 0.191 e. The van der Waals surface area contributed by atoms with Crippen molar-refractivity contribution in [2.45, 2.75) is 20.0 Å². The van der Waals surface area contributed by atoms with Gasteiger partial charge in [0.2, 0.25) is 0 Å². The fourth-order valence-corrected chi connectivity index (χ4v) is 2.02. The molecule has 0 saturated carbocycles. The molecule has 0 aliphatic heterocycles. The molecule has 2 N–H and O–H groups in total. The number of nitrogens with zero attached hydrogens (tertiary/aromatic N) is 4. The van der Waals surface area contributed by atoms with Crippen molar-refractivity contribution in [2.24, 2.45) is 12.0 Å². The summed E-state index contributed by atoms with van der Waals surface area (Å²) in [5.41, 5.74) is 1.82. The quantitative estimate of drug-likeness (QED) is 0.650. The van der Waals surface area contributed by atoms with Crippen LogP contribution >= 0.6 is 0 Å². The van der Waals surface area contributed by atoms with Crippen LogP contribution in [0.15, 0.2) is 35.5 Å². The van der Waals surface area contributed by atoms with Crippen LogP contribution in [0.2, 0.25) is 0 Å². The lowest BCUT2D eigenvalue weighted by Crippen LogP contribution is -2.37. The van der Waals surface area contributed by atoms with Gasteiger partial charge in [-0.2, -0.15) is 10.4 Å². The number of aliphatic imine (C=N–C) groups is 1. The molecule has 0 amide bonds. The molecule has 0 atom stereocenters. The number of rotatable bonds is 5. The maximum absolute atomic E-state index is 13.8. The van der Waals surface area contributed by atoms with Crippen molar-refractivity contribution < 1.29 is 4.39 Å². The molecular weight excluding hydrogens is 295 g/mol. The van der Waals surface area contributed by atoms with Gasteiger partial charge in [-0.05, 0) is 31.2 Å². The van der Waals surface area contributed by atoms with E-state index in [-0.39, 0.29) is 12.4 Å². The van der Waals surface area contributed by atoms with Gasteiger partial charge in [-0.3, -0.25) is 4.68 Å². The first kappa shape index (κ1) is 16.5. The Morgan fingerprint density at radius 2 is 2.22 bits per heavy atom. The van der Waals surface area contributed by atoms with Gasteiger partial charge in [0.05, 0.1) is 30.4 Å². The van der Waals surface area contributed by atoms with Crippen LogP contribution in [0, 0.1) is 17.1 Å². The monoisotopic (exact) mass is 314 g/mol. The predicted octanol–water partition coefficient (Wildman–Crippen LogP) is 1.69. The highest BCUT2D eigenvalue weighted by atomic mass is 19.1. The largest absolute Gasteiger partial charge is 0.357 e. The topological polar surface area (TPSA) is 78.0 Å². The summed E-state index contributed by atoms with van der Waals surface area (Å²) in [5, 5.41) is 19.3. The Hall–Kier alpha value is -2.88. The van der Waals surface area contributed by atoms with Crippen LogP contribution in [-0.2, 0) is 20.1 Å². The zero-order chi connectivity index (χ0) is 16.7. The van der Waals surface area contributed by atoms with Gasteiger partial charge in [0.25, 0.3) is 0 Å². The van der Waals surface area contributed by atoms with Gasteiger partial charge in [0.1, 0.15) is 5.82 Å². The van der Waals surface area contributed by atoms with E-state index in [1.807, 2.05) is 26.1 Å². The summed E-state index contributed by atoms with van der Waals surface area (Å²) >= 11 is 0. The molecule has 7 heteroatoms. The molecule has 23 heavy (non-hydrogen) atoms. The van der Waals surface area contributed by atoms with E-state index in [9.17, 15) is 4.39 Å². The Labute approximate surface area is 134 Å². The van der Waals surface area contributed by atoms with E-state index in [0.717, 1.165) is 5.69 Å². The predicted molar refractivity (Wildman–Crippen MR) is 86.0 cm³/mol. The molecular formula is C16H19FN6. The molecule has 2 rings (SSSR count). The molecule has 0 unspecified atom stereocenters. The summed E-state index contributed by atoms with van der Waals surface area (Å²) in [5.74, 6) is 0.214. The van der Waals surface area contributed by atoms with Crippen LogP contribution < -0.4 is 10.6 Å². The fourth-order valence-electron chi connectivity index (χ4n) is 2.02. The average molecular weight is 314 g/mol. The summed E-state index contributed by atoms with van der Waals surface area (Å²) in [6, 6.07) is 8.17. The van der Waals surface area contributed by atoms with Crippen LogP contribution in [0.4, 0.5) is 4.39 Å². The average Bonchev–Trinajstić information content (AvgIpc) is 2.96. The molecule has 0 radical (unpaired) electrons. The van der Waals surface area contributed by atoms with Crippen molar-refractivity contribution in [3.63, 3.8) is 0 Å². The highest BCUT2D eigenvalue weighted by Crippen LogP contribution is 2.11. The first-order chi connectivity index (χ1) is 11.1. The van der Waals surface area contributed by atoms with Crippen LogP contribution in [0.3, 0.4) is 0 Å². The molecule has 0 spiro atoms. The smallest absolute Gasteiger partial charge is 0.191 e. The highest BCUT2D eigenvalue weighted by Gasteiger charge is 2.05. The van der Waals surface area contributed by atoms with E-state index < -0.39 is 0 Å². The Kier molecular flexibility index (Phi) is 5.69. The fraction of sp³-hybridized carbons (Fsp3) is 0.312. The van der Waals surface area contributed by atoms with Crippen molar-refractivity contribution in [1.29, 1.82) is 5.26 Å². The van der Waals surface area contributed by atoms with Gasteiger partial charge in [0, 0.05) is 25.4 Å². The Morgan fingerprint density at radius 1 is 1.39 bits per heavy atom. The molecule has 0 bridgehead atoms. The van der Waals surface area contributed by atoms with Gasteiger partial charge in [0.15, 0.2) is 5.96 Å². The normalized spacial score (nSPS) is 11.1. The number of hydrogen-bond acceptors (Lipinski definition) is 3. The van der Waals surface area contributed by atoms with E-state index in [0.29, 0.717) is 30.2 Å². The van der Waals surface area contributed by atoms with Crippen molar-refractivity contribution >= 4 is 5.96 Å². The van der Waals surface area contributed by atoms with Gasteiger partial charge in [-0.1, -0.05) is 0 Å². The maximum atomic E-state index is 13.8. The molecule has 0 aliphatic rings. The van der Waals surface area contributed by atoms with E-state index in [2.05, 4.69) is 20.7 Å². The summed E-state index contributed by atoms with van der Waals surface area (Å²) in [7, 11) is 1.86. The standard InChI is InChI=1S/C16H19FN6/c1-3-19-16(21-11-14-6-7-22-23(14)2)20-10-13-8-12(9-18)4-5-15(13)17/h4-8H,3,10-11H2,1-2H3,(H2,19,20,21). The molecule has 0 fully saturated rings. The zero-order valence-corrected chi connectivity index (χ0v) is 13.2. The van der Waals surface area contributed by atoms with Crippen LogP contribution in [-0.4, -0.2) is 22.3 Å². The van der Waals surface area contributed by atoms with Crippen molar-refractivity contribution in [1.82, 2.24) is 20.4 Å². The molecule has 2 aromatic rings. The van der Waals surface area contributed by atoms with Crippen molar-refractivity contribution in [2.75, 3.05) is 6.54 Å². The first-order valence-corrected chi connectivity index (χ1v) is 7.31. The van der Waals surface area contributed by atoms with Crippen molar-refractivity contribution in [3.8, 4) is 6.07 Å². The first-order valence-electron chi connectivity index (χ1n) is 7.31. The zero-order valence-electron chi connectivity index (χ0n) is 13.2. The number of aryl methyl sites for hydroxylation is 1. The van der Waals surface area contributed by atoms with Gasteiger partial charge in [-0.25, -0.2) is 9.38 Å². The number of nitrogens with one attached hydrogen (secondary N) is 2. The molecule has 1 aromatic heterocycles. The lowest BCUT2D eigenvalue weighted by atomic mass is 10.1. The molecule has 1 heterocycles. The number of hydrogen-bond donors (Lipinski definition) is 2. The minimum absolute atomic E-state index is 0.155. The Morgan fingerprint density at radius 3 is 2.87 bits per heavy atom. The number of nitriles is 1. The number of halogens is 1. The second-order valence-electron chi connectivity index (χ2n) is 4.91. The minimum atomic E-state index is -0.366. The van der Waals surface area contributed by atoms with E-state index >= 15 is 0 Å². The second-order valence-corrected chi connectivity index (χ2v) is 4.91. The summed E-state index contributed by atoms with van der Waals surface area (Å²) in [6.45, 7) is 3.36. The molecule has 0 saturated heterocycles. The minimum Gasteiger partial charge on any atom is -0.357 e. The highest BCUT2D eigenvalue weighted by molar-refractivity contribution is 5.79. The van der Waals surface area contributed by atoms with Crippen molar-refractivity contribution in [3.05, 3.63) is 53.1 Å². The third-order valence-corrected chi connectivity index (χ3v) is 3.29. The van der Waals surface area contributed by atoms with Gasteiger partial charge < -0.3 is 10.6 Å². The van der Waals surface area contributed by atoms with Gasteiger partial charge >= 0.3 is 0 Å². The van der Waals surface area contributed by atoms with Crippen LogP contribution in [0.1, 0.15) is 23.7 Å². The molecule has 0 aliphatic carbocycles. The summed E-state index contributed by atoms with van der Waals surface area (Å²) in [4.78, 5) is 4.36. The summed E-state index contributed by atoms with van der Waals surface area (Å²) < 4.78 is 15.5. The number of guanidine groups is 1. The van der Waals surface area contributed by atoms with E-state index in [4.69, 9.17) is 5.26 Å². The third-order valence-electron chi connectivity index (χ3n) is 3.29. The molecule has 6 nitrogen and oxygen atoms in total. The SMILES string of the molecule is CCNC(=NCc1cc(C#N)ccc1F)NCc1ccnn1C. The summed E-state index contributed by atoms with van der Waals surface area (Å²) in [6.07, 6.45) is 1.73. The number of aromatic nitrogens is 2. The molecule has 1 aromatic carbocycles. The van der Waals surface area contributed by atoms with E-state index in [1.165, 1.54) is 18.2 Å². The van der Waals surface area contributed by atoms with Gasteiger partial charge in [-0.15, -0.1) is 0 Å². The third kappa shape index (κ3) is 4.54. The van der Waals surface area contributed by atoms with Crippen LogP contribution in [0.5, 0.6) is 0 Å². The second kappa shape index (κ2) is 7.94. The Balaban J connectivity index is 2.06. The molecule has 120 valence electrons. The van der Waals surface area contributed by atoms with Crippen LogP contribution in [0.25, 0.3) is 0 Å². The van der Waals surface area contributed by atoms with E-state index in [1.54, 1.807) is 10.9 Å². The Bertz CT molecular complexity index is 728.